The quantitative estimate of drug-likeness (QED) is 0.785. The zero-order chi connectivity index (χ0) is 18.3. The molecule has 138 valence electrons. The number of anilines is 1. The third-order valence-electron chi connectivity index (χ3n) is 6.40. The maximum absolute atomic E-state index is 6.65. The first-order valence-electron chi connectivity index (χ1n) is 9.84. The van der Waals surface area contributed by atoms with Crippen LogP contribution in [0.15, 0.2) is 29.9 Å². The number of hydrogen-bond acceptors (Lipinski definition) is 3. The monoisotopic (exact) mass is 350 g/mol. The van der Waals surface area contributed by atoms with E-state index in [0.717, 1.165) is 60.6 Å². The Balaban J connectivity index is 1.50. The number of nitrogens with two attached hydrogens (primary N) is 1. The highest BCUT2D eigenvalue weighted by atomic mass is 16.5. The molecule has 0 radical (unpaired) electrons. The molecule has 2 heterocycles. The smallest absolute Gasteiger partial charge is 0.131 e. The Morgan fingerprint density at radius 1 is 1.04 bits per heavy atom. The Labute approximate surface area is 157 Å². The standard InChI is InChI=1S/C23H30N2O/c1-16-17(2)22-20(18(3)21(16)24)9-10-23(26-22)11-13-25(14-12-23)15-19-7-5-4-6-8-19/h5,7-10H,4,6,11-15,24H2,1-3H3. The van der Waals surface area contributed by atoms with Crippen LogP contribution in [0, 0.1) is 20.8 Å². The van der Waals surface area contributed by atoms with Gasteiger partial charge in [-0.2, -0.15) is 0 Å². The fourth-order valence-corrected chi connectivity index (χ4v) is 4.38. The van der Waals surface area contributed by atoms with Crippen molar-refractivity contribution in [3.63, 3.8) is 0 Å². The van der Waals surface area contributed by atoms with Gasteiger partial charge in [-0.25, -0.2) is 0 Å². The van der Waals surface area contributed by atoms with Crippen molar-refractivity contribution in [1.29, 1.82) is 0 Å². The predicted molar refractivity (Wildman–Crippen MR) is 110 cm³/mol. The number of likely N-dealkylation sites (tertiary alicyclic amines) is 1. The molecule has 0 unspecified atom stereocenters. The Kier molecular flexibility index (Phi) is 4.44. The van der Waals surface area contributed by atoms with Crippen LogP contribution in [-0.4, -0.2) is 30.1 Å². The summed E-state index contributed by atoms with van der Waals surface area (Å²) in [6.07, 6.45) is 16.0. The van der Waals surface area contributed by atoms with Crippen molar-refractivity contribution < 1.29 is 4.74 Å². The van der Waals surface area contributed by atoms with Gasteiger partial charge in [0.25, 0.3) is 0 Å². The van der Waals surface area contributed by atoms with Gasteiger partial charge in [0.1, 0.15) is 11.4 Å². The molecule has 0 saturated carbocycles. The molecule has 1 aromatic carbocycles. The molecular weight excluding hydrogens is 320 g/mol. The molecule has 2 aliphatic heterocycles. The molecule has 3 aliphatic rings. The predicted octanol–water partition coefficient (Wildman–Crippen LogP) is 4.71. The summed E-state index contributed by atoms with van der Waals surface area (Å²) in [6, 6.07) is 0. The summed E-state index contributed by atoms with van der Waals surface area (Å²) in [6.45, 7) is 9.56. The molecule has 1 fully saturated rings. The molecule has 1 aromatic rings. The number of benzene rings is 1. The van der Waals surface area contributed by atoms with Gasteiger partial charge in [0.2, 0.25) is 0 Å². The van der Waals surface area contributed by atoms with Crippen molar-refractivity contribution in [1.82, 2.24) is 4.90 Å². The van der Waals surface area contributed by atoms with Gasteiger partial charge in [-0.15, -0.1) is 0 Å². The number of hydrogen-bond donors (Lipinski definition) is 1. The molecule has 0 amide bonds. The molecule has 3 nitrogen and oxygen atoms in total. The number of rotatable bonds is 2. The highest BCUT2D eigenvalue weighted by Crippen LogP contribution is 2.43. The molecular formula is C23H30N2O. The average Bonchev–Trinajstić information content (AvgIpc) is 2.67. The van der Waals surface area contributed by atoms with E-state index in [9.17, 15) is 0 Å². The second-order valence-corrected chi connectivity index (χ2v) is 8.07. The molecule has 1 aliphatic carbocycles. The van der Waals surface area contributed by atoms with Gasteiger partial charge in [-0.3, -0.25) is 4.90 Å². The number of nitrogens with zero attached hydrogens (tertiary/aromatic N) is 1. The average molecular weight is 351 g/mol. The number of ether oxygens (including phenoxy) is 1. The number of allylic oxidation sites excluding steroid dienone is 2. The fourth-order valence-electron chi connectivity index (χ4n) is 4.38. The van der Waals surface area contributed by atoms with Crippen LogP contribution in [-0.2, 0) is 0 Å². The van der Waals surface area contributed by atoms with Crippen molar-refractivity contribution in [2.45, 2.75) is 52.1 Å². The van der Waals surface area contributed by atoms with Crippen LogP contribution in [0.3, 0.4) is 0 Å². The van der Waals surface area contributed by atoms with E-state index in [4.69, 9.17) is 10.5 Å². The van der Waals surface area contributed by atoms with Crippen LogP contribution in [0.4, 0.5) is 5.69 Å². The molecule has 2 N–H and O–H groups in total. The van der Waals surface area contributed by atoms with E-state index < -0.39 is 0 Å². The molecule has 0 atom stereocenters. The zero-order valence-electron chi connectivity index (χ0n) is 16.3. The van der Waals surface area contributed by atoms with Crippen molar-refractivity contribution in [3.8, 4) is 5.75 Å². The van der Waals surface area contributed by atoms with Crippen LogP contribution < -0.4 is 10.5 Å². The van der Waals surface area contributed by atoms with Crippen LogP contribution in [0.5, 0.6) is 5.75 Å². The maximum atomic E-state index is 6.65. The highest BCUT2D eigenvalue weighted by Gasteiger charge is 2.38. The third kappa shape index (κ3) is 2.99. The van der Waals surface area contributed by atoms with Crippen LogP contribution >= 0.6 is 0 Å². The van der Waals surface area contributed by atoms with E-state index in [2.05, 4.69) is 56.1 Å². The van der Waals surface area contributed by atoms with Gasteiger partial charge >= 0.3 is 0 Å². The minimum absolute atomic E-state index is 0.153. The van der Waals surface area contributed by atoms with Crippen molar-refractivity contribution >= 4 is 11.8 Å². The van der Waals surface area contributed by atoms with E-state index in [-0.39, 0.29) is 5.60 Å². The molecule has 1 spiro atoms. The Morgan fingerprint density at radius 3 is 2.50 bits per heavy atom. The van der Waals surface area contributed by atoms with E-state index in [1.165, 1.54) is 24.0 Å². The largest absolute Gasteiger partial charge is 0.482 e. The second kappa shape index (κ2) is 6.62. The Hall–Kier alpha value is -2.00. The van der Waals surface area contributed by atoms with Crippen molar-refractivity contribution in [2.24, 2.45) is 0 Å². The van der Waals surface area contributed by atoms with Gasteiger partial charge in [-0.1, -0.05) is 24.3 Å². The maximum Gasteiger partial charge on any atom is 0.131 e. The van der Waals surface area contributed by atoms with Gasteiger partial charge in [0, 0.05) is 43.7 Å². The Bertz CT molecular complexity index is 808. The number of piperidine rings is 1. The zero-order valence-corrected chi connectivity index (χ0v) is 16.3. The van der Waals surface area contributed by atoms with E-state index in [1.54, 1.807) is 0 Å². The summed E-state index contributed by atoms with van der Waals surface area (Å²) >= 11 is 0. The van der Waals surface area contributed by atoms with E-state index in [1.807, 2.05) is 0 Å². The molecule has 3 heteroatoms. The Morgan fingerprint density at radius 2 is 1.81 bits per heavy atom. The first-order chi connectivity index (χ1) is 12.5. The first-order valence-corrected chi connectivity index (χ1v) is 9.84. The number of fused-ring (bicyclic) bond motifs is 1. The summed E-state index contributed by atoms with van der Waals surface area (Å²) in [5.74, 6) is 1.04. The van der Waals surface area contributed by atoms with E-state index in [0.29, 0.717) is 0 Å². The summed E-state index contributed by atoms with van der Waals surface area (Å²) < 4.78 is 6.65. The molecule has 1 saturated heterocycles. The van der Waals surface area contributed by atoms with Gasteiger partial charge in [0.05, 0.1) is 0 Å². The highest BCUT2D eigenvalue weighted by molar-refractivity contribution is 5.75. The van der Waals surface area contributed by atoms with Crippen LogP contribution in [0.25, 0.3) is 6.08 Å². The minimum Gasteiger partial charge on any atom is -0.482 e. The minimum atomic E-state index is -0.153. The molecule has 26 heavy (non-hydrogen) atoms. The summed E-state index contributed by atoms with van der Waals surface area (Å²) in [4.78, 5) is 2.56. The fraction of sp³-hybridized carbons (Fsp3) is 0.478. The topological polar surface area (TPSA) is 38.5 Å². The van der Waals surface area contributed by atoms with Crippen LogP contribution in [0.1, 0.15) is 47.9 Å². The summed E-state index contributed by atoms with van der Waals surface area (Å²) in [5.41, 5.74) is 13.1. The van der Waals surface area contributed by atoms with E-state index >= 15 is 0 Å². The van der Waals surface area contributed by atoms with Gasteiger partial charge < -0.3 is 10.5 Å². The third-order valence-corrected chi connectivity index (χ3v) is 6.40. The second-order valence-electron chi connectivity index (χ2n) is 8.07. The first kappa shape index (κ1) is 17.4. The van der Waals surface area contributed by atoms with Crippen LogP contribution in [0.2, 0.25) is 0 Å². The lowest BCUT2D eigenvalue weighted by Gasteiger charge is -2.43. The summed E-state index contributed by atoms with van der Waals surface area (Å²) in [7, 11) is 0. The summed E-state index contributed by atoms with van der Waals surface area (Å²) in [5, 5.41) is 0. The van der Waals surface area contributed by atoms with Crippen molar-refractivity contribution in [2.75, 3.05) is 25.4 Å². The number of nitrogen functional groups attached to an aromatic ring is 1. The lowest BCUT2D eigenvalue weighted by atomic mass is 9.85. The molecule has 0 bridgehead atoms. The van der Waals surface area contributed by atoms with Gasteiger partial charge in [0.15, 0.2) is 0 Å². The van der Waals surface area contributed by atoms with Gasteiger partial charge in [-0.05, 0) is 62.0 Å². The normalized spacial score (nSPS) is 21.4. The lowest BCUT2D eigenvalue weighted by Crippen LogP contribution is -2.48. The SMILES string of the molecule is Cc1c(C)c2c(c(C)c1N)C=CC1(CCN(CC3=CCCC=C3)CC1)O2. The lowest BCUT2D eigenvalue weighted by molar-refractivity contribution is 0.0414. The van der Waals surface area contributed by atoms with Crippen molar-refractivity contribution in [3.05, 3.63) is 52.1 Å². The molecule has 4 rings (SSSR count). The molecule has 0 aromatic heterocycles.